The van der Waals surface area contributed by atoms with Gasteiger partial charge in [-0.2, -0.15) is 10.2 Å². The largest absolute Gasteiger partial charge is 0.489 e. The van der Waals surface area contributed by atoms with E-state index >= 15 is 0 Å². The normalized spacial score (nSPS) is 10.7. The second kappa shape index (κ2) is 7.14. The molecule has 7 heteroatoms. The van der Waals surface area contributed by atoms with Gasteiger partial charge >= 0.3 is 0 Å². The van der Waals surface area contributed by atoms with Crippen LogP contribution in [0.25, 0.3) is 22.8 Å². The summed E-state index contributed by atoms with van der Waals surface area (Å²) in [5.74, 6) is 1.25. The molecule has 0 bridgehead atoms. The van der Waals surface area contributed by atoms with E-state index in [-0.39, 0.29) is 12.0 Å². The summed E-state index contributed by atoms with van der Waals surface area (Å²) in [6, 6.07) is 12.2. The Morgan fingerprint density at radius 2 is 1.92 bits per heavy atom. The first-order chi connectivity index (χ1) is 12.0. The third-order valence-electron chi connectivity index (χ3n) is 3.31. The number of benzene rings is 2. The zero-order valence-electron chi connectivity index (χ0n) is 13.5. The minimum Gasteiger partial charge on any atom is -0.489 e. The average Bonchev–Trinajstić information content (AvgIpc) is 3.06. The molecule has 126 valence electrons. The van der Waals surface area contributed by atoms with E-state index in [2.05, 4.69) is 10.1 Å². The zero-order valence-corrected chi connectivity index (χ0v) is 15.0. The molecule has 2 aromatic carbocycles. The van der Waals surface area contributed by atoms with E-state index in [0.29, 0.717) is 38.3 Å². The van der Waals surface area contributed by atoms with Crippen molar-refractivity contribution in [2.24, 2.45) is 0 Å². The van der Waals surface area contributed by atoms with E-state index < -0.39 is 0 Å². The number of nitriles is 1. The van der Waals surface area contributed by atoms with Gasteiger partial charge in [-0.1, -0.05) is 28.4 Å². The van der Waals surface area contributed by atoms with Gasteiger partial charge in [0, 0.05) is 5.56 Å². The van der Waals surface area contributed by atoms with Crippen LogP contribution in [-0.4, -0.2) is 16.2 Å². The number of aromatic nitrogens is 2. The lowest BCUT2D eigenvalue weighted by Gasteiger charge is -2.11. The van der Waals surface area contributed by atoms with E-state index in [1.54, 1.807) is 36.4 Å². The predicted molar refractivity (Wildman–Crippen MR) is 95.7 cm³/mol. The monoisotopic (exact) mass is 373 g/mol. The number of halogens is 2. The fourth-order valence-corrected chi connectivity index (χ4v) is 2.68. The Morgan fingerprint density at radius 1 is 1.12 bits per heavy atom. The molecule has 0 N–H and O–H groups in total. The SMILES string of the molecule is CC(C)Oc1ccc(-c2noc(-c3ccc(C#N)cc3Cl)n2)cc1Cl. The van der Waals surface area contributed by atoms with Crippen molar-refractivity contribution in [3.05, 3.63) is 52.0 Å². The van der Waals surface area contributed by atoms with E-state index in [1.807, 2.05) is 19.9 Å². The minimum absolute atomic E-state index is 0.0265. The number of hydrogen-bond acceptors (Lipinski definition) is 5. The molecule has 0 amide bonds. The first-order valence-corrected chi connectivity index (χ1v) is 8.24. The van der Waals surface area contributed by atoms with Crippen molar-refractivity contribution in [2.45, 2.75) is 20.0 Å². The van der Waals surface area contributed by atoms with Gasteiger partial charge in [0.15, 0.2) is 0 Å². The molecule has 0 unspecified atom stereocenters. The molecule has 3 aromatic rings. The quantitative estimate of drug-likeness (QED) is 0.614. The number of ether oxygens (including phenoxy) is 1. The zero-order chi connectivity index (χ0) is 18.0. The molecule has 0 aliphatic rings. The lowest BCUT2D eigenvalue weighted by Crippen LogP contribution is -2.05. The third kappa shape index (κ3) is 3.76. The van der Waals surface area contributed by atoms with Crippen LogP contribution >= 0.6 is 23.2 Å². The van der Waals surface area contributed by atoms with Crippen molar-refractivity contribution >= 4 is 23.2 Å². The molecule has 0 aliphatic carbocycles. The second-order valence-electron chi connectivity index (χ2n) is 5.54. The van der Waals surface area contributed by atoms with E-state index in [0.717, 1.165) is 0 Å². The number of hydrogen-bond donors (Lipinski definition) is 0. The van der Waals surface area contributed by atoms with Crippen LogP contribution in [-0.2, 0) is 0 Å². The van der Waals surface area contributed by atoms with Gasteiger partial charge in [0.25, 0.3) is 5.89 Å². The standard InChI is InChI=1S/C18H13Cl2N3O2/c1-10(2)24-16-6-4-12(8-15(16)20)17-22-18(25-23-17)13-5-3-11(9-21)7-14(13)19/h3-8,10H,1-2H3. The fourth-order valence-electron chi connectivity index (χ4n) is 2.20. The number of nitrogens with zero attached hydrogens (tertiary/aromatic N) is 3. The summed E-state index contributed by atoms with van der Waals surface area (Å²) < 4.78 is 10.9. The molecule has 0 aliphatic heterocycles. The van der Waals surface area contributed by atoms with Gasteiger partial charge in [0.1, 0.15) is 5.75 Å². The Bertz CT molecular complexity index is 961. The van der Waals surface area contributed by atoms with Gasteiger partial charge in [-0.3, -0.25) is 0 Å². The van der Waals surface area contributed by atoms with Crippen LogP contribution in [0.15, 0.2) is 40.9 Å². The Balaban J connectivity index is 1.92. The van der Waals surface area contributed by atoms with Crippen molar-refractivity contribution in [1.29, 1.82) is 5.26 Å². The Hall–Kier alpha value is -2.55. The van der Waals surface area contributed by atoms with E-state index in [9.17, 15) is 0 Å². The van der Waals surface area contributed by atoms with Crippen LogP contribution in [0.5, 0.6) is 5.75 Å². The van der Waals surface area contributed by atoms with Crippen molar-refractivity contribution in [3.8, 4) is 34.7 Å². The molecule has 3 rings (SSSR count). The van der Waals surface area contributed by atoms with Gasteiger partial charge in [0.2, 0.25) is 5.82 Å². The van der Waals surface area contributed by atoms with Gasteiger partial charge < -0.3 is 9.26 Å². The van der Waals surface area contributed by atoms with E-state index in [1.165, 1.54) is 0 Å². The maximum atomic E-state index is 8.90. The smallest absolute Gasteiger partial charge is 0.259 e. The first-order valence-electron chi connectivity index (χ1n) is 7.48. The molecule has 1 aromatic heterocycles. The van der Waals surface area contributed by atoms with Crippen molar-refractivity contribution in [1.82, 2.24) is 10.1 Å². The summed E-state index contributed by atoms with van der Waals surface area (Å²) in [5.41, 5.74) is 1.71. The molecule has 0 spiro atoms. The van der Waals surface area contributed by atoms with Crippen LogP contribution in [0.1, 0.15) is 19.4 Å². The van der Waals surface area contributed by atoms with Crippen LogP contribution in [0, 0.1) is 11.3 Å². The topological polar surface area (TPSA) is 71.9 Å². The van der Waals surface area contributed by atoms with Crippen LogP contribution in [0.3, 0.4) is 0 Å². The molecule has 0 fully saturated rings. The molecule has 0 saturated heterocycles. The van der Waals surface area contributed by atoms with Crippen LogP contribution < -0.4 is 4.74 Å². The molecule has 0 atom stereocenters. The third-order valence-corrected chi connectivity index (χ3v) is 3.92. The number of rotatable bonds is 4. The van der Waals surface area contributed by atoms with Crippen LogP contribution in [0.2, 0.25) is 10.0 Å². The average molecular weight is 374 g/mol. The Kier molecular flexibility index (Phi) is 4.93. The summed E-state index contributed by atoms with van der Waals surface area (Å²) >= 11 is 12.4. The molecule has 0 radical (unpaired) electrons. The fraction of sp³-hybridized carbons (Fsp3) is 0.167. The summed E-state index contributed by atoms with van der Waals surface area (Å²) in [4.78, 5) is 4.35. The molecular weight excluding hydrogens is 361 g/mol. The highest BCUT2D eigenvalue weighted by Gasteiger charge is 2.15. The predicted octanol–water partition coefficient (Wildman–Crippen LogP) is 5.37. The summed E-state index contributed by atoms with van der Waals surface area (Å²) in [7, 11) is 0. The van der Waals surface area contributed by atoms with E-state index in [4.69, 9.17) is 37.7 Å². The lowest BCUT2D eigenvalue weighted by atomic mass is 10.1. The lowest BCUT2D eigenvalue weighted by molar-refractivity contribution is 0.242. The van der Waals surface area contributed by atoms with Gasteiger partial charge in [-0.25, -0.2) is 0 Å². The summed E-state index contributed by atoms with van der Waals surface area (Å²) in [6.07, 6.45) is 0.0265. The molecule has 5 nitrogen and oxygen atoms in total. The maximum absolute atomic E-state index is 8.90. The highest BCUT2D eigenvalue weighted by Crippen LogP contribution is 2.32. The Morgan fingerprint density at radius 3 is 2.56 bits per heavy atom. The van der Waals surface area contributed by atoms with Gasteiger partial charge in [0.05, 0.1) is 33.3 Å². The van der Waals surface area contributed by atoms with Crippen molar-refractivity contribution in [3.63, 3.8) is 0 Å². The second-order valence-corrected chi connectivity index (χ2v) is 6.36. The summed E-state index contributed by atoms with van der Waals surface area (Å²) in [5, 5.41) is 13.7. The molecular formula is C18H13Cl2N3O2. The first kappa shape index (κ1) is 17.3. The van der Waals surface area contributed by atoms with Crippen molar-refractivity contribution < 1.29 is 9.26 Å². The van der Waals surface area contributed by atoms with Crippen molar-refractivity contribution in [2.75, 3.05) is 0 Å². The van der Waals surface area contributed by atoms with Crippen LogP contribution in [0.4, 0.5) is 0 Å². The van der Waals surface area contributed by atoms with Gasteiger partial charge in [-0.15, -0.1) is 0 Å². The maximum Gasteiger partial charge on any atom is 0.259 e. The minimum atomic E-state index is 0.0265. The van der Waals surface area contributed by atoms with Gasteiger partial charge in [-0.05, 0) is 50.2 Å². The molecule has 1 heterocycles. The Labute approximate surface area is 154 Å². The highest BCUT2D eigenvalue weighted by atomic mass is 35.5. The molecule has 25 heavy (non-hydrogen) atoms. The summed E-state index contributed by atoms with van der Waals surface area (Å²) in [6.45, 7) is 3.86. The highest BCUT2D eigenvalue weighted by molar-refractivity contribution is 6.33. The molecule has 0 saturated carbocycles.